The molecule has 0 bridgehead atoms. The molecule has 3 aliphatic rings. The number of hydrogen-bond acceptors (Lipinski definition) is 7. The van der Waals surface area contributed by atoms with Crippen molar-refractivity contribution in [1.82, 2.24) is 9.97 Å². The number of carbonyl (C=O) groups is 2. The zero-order valence-electron chi connectivity index (χ0n) is 39.8. The Kier molecular flexibility index (Phi) is 16.3. The molecule has 0 spiro atoms. The van der Waals surface area contributed by atoms with E-state index in [1.807, 2.05) is 110 Å². The van der Waals surface area contributed by atoms with Crippen molar-refractivity contribution in [2.45, 2.75) is 65.2 Å². The average molecular weight is 938 g/mol. The van der Waals surface area contributed by atoms with E-state index in [9.17, 15) is 19.2 Å². The van der Waals surface area contributed by atoms with Gasteiger partial charge in [0.2, 0.25) is 5.91 Å². The van der Waals surface area contributed by atoms with Crippen LogP contribution in [0, 0.1) is 0 Å². The Morgan fingerprint density at radius 2 is 1.07 bits per heavy atom. The first-order valence-corrected chi connectivity index (χ1v) is 24.2. The van der Waals surface area contributed by atoms with E-state index in [1.54, 1.807) is 30.6 Å². The molecule has 1 aliphatic carbocycles. The molecule has 1 amide bonds. The number of aromatic nitrogens is 2. The van der Waals surface area contributed by atoms with E-state index in [0.717, 1.165) is 87.6 Å². The second-order valence-electron chi connectivity index (χ2n) is 17.4. The van der Waals surface area contributed by atoms with Crippen LogP contribution < -0.4 is 25.5 Å². The van der Waals surface area contributed by atoms with Crippen molar-refractivity contribution >= 4 is 39.1 Å². The summed E-state index contributed by atoms with van der Waals surface area (Å²) in [4.78, 5) is 55.1. The predicted molar refractivity (Wildman–Crippen MR) is 278 cm³/mol. The predicted octanol–water partition coefficient (Wildman–Crippen LogP) is 10.9. The third kappa shape index (κ3) is 12.1. The minimum absolute atomic E-state index is 0.00660. The van der Waals surface area contributed by atoms with Crippen molar-refractivity contribution in [2.24, 2.45) is 0 Å². The summed E-state index contributed by atoms with van der Waals surface area (Å²) in [6.45, 7) is 8.04. The van der Waals surface area contributed by atoms with Crippen LogP contribution in [0.25, 0.3) is 43.8 Å². The highest BCUT2D eigenvalue weighted by Gasteiger charge is 2.25. The summed E-state index contributed by atoms with van der Waals surface area (Å²) in [5.41, 5.74) is 10.5. The number of rotatable bonds is 10. The Hall–Kier alpha value is -7.76. The maximum Gasteiger partial charge on any atom is 0.307 e. The van der Waals surface area contributed by atoms with Crippen molar-refractivity contribution < 1.29 is 28.9 Å². The van der Waals surface area contributed by atoms with Crippen LogP contribution in [0.4, 0.5) is 5.69 Å². The fourth-order valence-corrected chi connectivity index (χ4v) is 9.13. The summed E-state index contributed by atoms with van der Waals surface area (Å²) >= 11 is 0. The third-order valence-electron chi connectivity index (χ3n) is 12.6. The van der Waals surface area contributed by atoms with E-state index in [1.165, 1.54) is 48.8 Å². The Labute approximate surface area is 407 Å². The van der Waals surface area contributed by atoms with Crippen LogP contribution in [0.2, 0.25) is 0 Å². The van der Waals surface area contributed by atoms with Crippen LogP contribution in [0.1, 0.15) is 60.9 Å². The SMILES string of the molecule is C1CCOC1.CCOc1ccc2c(c1)CCC2.CCOc1ccc2c(c1)N(C(=O)Cc1ccc(-c3c[nH]c(=O)c4ccccc34)cc1)CC2.O=C(O)Cc1ccc(-c2c[nH]c(=O)c3ccccc23)cc1. The molecule has 1 saturated heterocycles. The number of hydrogen-bond donors (Lipinski definition) is 3. The Morgan fingerprint density at radius 1 is 0.571 bits per heavy atom. The number of carboxylic acid groups (broad SMARTS) is 1. The van der Waals surface area contributed by atoms with Crippen LogP contribution in [0.15, 0.2) is 155 Å². The Balaban J connectivity index is 0.000000147. The molecule has 11 rings (SSSR count). The molecule has 0 radical (unpaired) electrons. The van der Waals surface area contributed by atoms with E-state index in [4.69, 9.17) is 19.3 Å². The maximum absolute atomic E-state index is 13.1. The van der Waals surface area contributed by atoms with E-state index in [2.05, 4.69) is 34.2 Å². The van der Waals surface area contributed by atoms with Crippen LogP contribution in [0.3, 0.4) is 0 Å². The fraction of sp³-hybridized carbons (Fsp3) is 0.254. The highest BCUT2D eigenvalue weighted by molar-refractivity contribution is 5.98. The molecule has 0 saturated carbocycles. The molecule has 4 heterocycles. The second-order valence-corrected chi connectivity index (χ2v) is 17.4. The standard InChI is InChI=1S/C27H24N2O3.C17H13NO3.C11H14O.C4H8O/c1-2-32-21-12-11-20-13-14-29(25(20)16-21)26(30)15-18-7-9-19(10-8-18)24-17-28-27(31)23-6-4-3-5-22(23)24;19-16(20)9-11-5-7-12(8-6-11)15-10-18-17(21)14-4-2-1-3-13(14)15;1-2-12-11-7-6-9-4-3-5-10(9)8-11;1-2-4-5-3-1/h3-12,16-17H,2,13-15H2,1H3,(H,28,31);1-8,10H,9H2,(H,18,21)(H,19,20);6-8H,2-5H2,1H3;1-4H2. The van der Waals surface area contributed by atoms with Crippen molar-refractivity contribution in [2.75, 3.05) is 37.9 Å². The van der Waals surface area contributed by atoms with E-state index in [0.29, 0.717) is 30.3 Å². The zero-order valence-corrected chi connectivity index (χ0v) is 39.8. The lowest BCUT2D eigenvalue weighted by Crippen LogP contribution is -2.30. The number of carbonyl (C=O) groups excluding carboxylic acids is 1. The summed E-state index contributed by atoms with van der Waals surface area (Å²) in [5, 5.41) is 11.9. The van der Waals surface area contributed by atoms with Gasteiger partial charge < -0.3 is 34.2 Å². The minimum Gasteiger partial charge on any atom is -0.494 e. The summed E-state index contributed by atoms with van der Waals surface area (Å²) in [6, 6.07) is 42.8. The van der Waals surface area contributed by atoms with Gasteiger partial charge in [0.25, 0.3) is 11.1 Å². The molecule has 2 aromatic heterocycles. The molecule has 11 heteroatoms. The van der Waals surface area contributed by atoms with Crippen LogP contribution in [-0.4, -0.2) is 59.9 Å². The molecule has 11 nitrogen and oxygen atoms in total. The van der Waals surface area contributed by atoms with Gasteiger partial charge in [-0.2, -0.15) is 0 Å². The number of pyridine rings is 2. The summed E-state index contributed by atoms with van der Waals surface area (Å²) in [6.07, 6.45) is 11.0. The number of ether oxygens (including phenoxy) is 3. The quantitative estimate of drug-likeness (QED) is 0.123. The number of aliphatic carboxylic acids is 1. The molecular weight excluding hydrogens is 879 g/mol. The number of H-pyrrole nitrogens is 2. The molecule has 0 unspecified atom stereocenters. The van der Waals surface area contributed by atoms with Crippen molar-refractivity contribution in [3.05, 3.63) is 194 Å². The van der Waals surface area contributed by atoms with Gasteiger partial charge in [-0.15, -0.1) is 0 Å². The maximum atomic E-state index is 13.1. The van der Waals surface area contributed by atoms with E-state index < -0.39 is 5.97 Å². The summed E-state index contributed by atoms with van der Waals surface area (Å²) in [7, 11) is 0. The normalized spacial score (nSPS) is 13.2. The number of nitrogens with zero attached hydrogens (tertiary/aromatic N) is 1. The lowest BCUT2D eigenvalue weighted by atomic mass is 9.99. The van der Waals surface area contributed by atoms with Crippen molar-refractivity contribution in [1.29, 1.82) is 0 Å². The van der Waals surface area contributed by atoms with Gasteiger partial charge in [0.15, 0.2) is 0 Å². The number of benzene rings is 6. The molecule has 6 aromatic carbocycles. The molecule has 0 atom stereocenters. The van der Waals surface area contributed by atoms with Gasteiger partial charge >= 0.3 is 5.97 Å². The largest absolute Gasteiger partial charge is 0.494 e. The first kappa shape index (κ1) is 48.7. The van der Waals surface area contributed by atoms with Gasteiger partial charge in [0.05, 0.1) is 31.7 Å². The highest BCUT2D eigenvalue weighted by Crippen LogP contribution is 2.33. The first-order valence-electron chi connectivity index (χ1n) is 24.2. The smallest absolute Gasteiger partial charge is 0.307 e. The van der Waals surface area contributed by atoms with Gasteiger partial charge in [0.1, 0.15) is 11.5 Å². The lowest BCUT2D eigenvalue weighted by Gasteiger charge is -2.18. The Bertz CT molecular complexity index is 3180. The summed E-state index contributed by atoms with van der Waals surface area (Å²) in [5.74, 6) is 1.05. The minimum atomic E-state index is -0.850. The van der Waals surface area contributed by atoms with Crippen LogP contribution in [0.5, 0.6) is 11.5 Å². The average Bonchev–Trinajstić information content (AvgIpc) is 4.20. The zero-order chi connectivity index (χ0) is 48.8. The molecule has 70 heavy (non-hydrogen) atoms. The number of aromatic amines is 2. The van der Waals surface area contributed by atoms with E-state index >= 15 is 0 Å². The lowest BCUT2D eigenvalue weighted by molar-refractivity contribution is -0.136. The van der Waals surface area contributed by atoms with Gasteiger partial charge in [-0.05, 0) is 132 Å². The van der Waals surface area contributed by atoms with Gasteiger partial charge in [0, 0.05) is 60.1 Å². The topological polar surface area (TPSA) is 151 Å². The Morgan fingerprint density at radius 3 is 1.59 bits per heavy atom. The number of amides is 1. The second kappa shape index (κ2) is 23.5. The van der Waals surface area contributed by atoms with Crippen molar-refractivity contribution in [3.63, 3.8) is 0 Å². The molecule has 1 fully saturated rings. The summed E-state index contributed by atoms with van der Waals surface area (Å²) < 4.78 is 16.0. The fourth-order valence-electron chi connectivity index (χ4n) is 9.13. The van der Waals surface area contributed by atoms with Gasteiger partial charge in [-0.3, -0.25) is 19.2 Å². The number of nitrogens with one attached hydrogen (secondary N) is 2. The first-order chi connectivity index (χ1) is 34.2. The molecule has 3 N–H and O–H groups in total. The van der Waals surface area contributed by atoms with Crippen LogP contribution >= 0.6 is 0 Å². The molecule has 2 aliphatic heterocycles. The number of aryl methyl sites for hydroxylation is 2. The number of anilines is 1. The van der Waals surface area contributed by atoms with Crippen LogP contribution in [-0.2, 0) is 46.4 Å². The van der Waals surface area contributed by atoms with Crippen molar-refractivity contribution in [3.8, 4) is 33.8 Å². The highest BCUT2D eigenvalue weighted by atomic mass is 16.5. The molecular formula is C59H59N3O8. The van der Waals surface area contributed by atoms with E-state index in [-0.39, 0.29) is 23.4 Å². The van der Waals surface area contributed by atoms with Gasteiger partial charge in [-0.1, -0.05) is 97.1 Å². The number of fused-ring (bicyclic) bond motifs is 4. The molecule has 358 valence electrons. The molecule has 8 aromatic rings. The van der Waals surface area contributed by atoms with Gasteiger partial charge in [-0.25, -0.2) is 0 Å². The monoisotopic (exact) mass is 937 g/mol. The number of carboxylic acids is 1. The third-order valence-corrected chi connectivity index (χ3v) is 12.6.